The highest BCUT2D eigenvalue weighted by atomic mass is 15.3. The summed E-state index contributed by atoms with van der Waals surface area (Å²) in [5.74, 6) is 1.56. The number of piperazine rings is 1. The maximum Gasteiger partial charge on any atom is 0.0372 e. The van der Waals surface area contributed by atoms with Crippen molar-refractivity contribution in [3.05, 3.63) is 29.6 Å². The summed E-state index contributed by atoms with van der Waals surface area (Å²) in [6.07, 6.45) is 4.84. The normalized spacial score (nSPS) is 30.8. The van der Waals surface area contributed by atoms with Gasteiger partial charge in [-0.15, -0.1) is 0 Å². The molecule has 3 rings (SSSR count). The first-order valence-corrected chi connectivity index (χ1v) is 8.38. The number of nitrogens with one attached hydrogen (secondary N) is 1. The predicted octanol–water partition coefficient (Wildman–Crippen LogP) is 2.99. The van der Waals surface area contributed by atoms with Gasteiger partial charge in [0.1, 0.15) is 0 Å². The molecule has 3 heteroatoms. The first kappa shape index (κ1) is 15.0. The van der Waals surface area contributed by atoms with Gasteiger partial charge in [-0.05, 0) is 50.2 Å². The second-order valence-electron chi connectivity index (χ2n) is 7.60. The Balaban J connectivity index is 1.75. The molecule has 116 valence electrons. The first-order chi connectivity index (χ1) is 9.98. The van der Waals surface area contributed by atoms with Crippen LogP contribution >= 0.6 is 0 Å². The molecule has 2 fully saturated rings. The van der Waals surface area contributed by atoms with Crippen LogP contribution in [0.1, 0.15) is 44.9 Å². The van der Waals surface area contributed by atoms with Crippen LogP contribution in [0.5, 0.6) is 0 Å². The van der Waals surface area contributed by atoms with E-state index >= 15 is 0 Å². The number of hydrogen-bond donors (Lipinski definition) is 1. The Labute approximate surface area is 129 Å². The van der Waals surface area contributed by atoms with Crippen LogP contribution in [0.3, 0.4) is 0 Å². The third kappa shape index (κ3) is 3.29. The maximum absolute atomic E-state index is 4.46. The lowest BCUT2D eigenvalue weighted by atomic mass is 9.88. The van der Waals surface area contributed by atoms with E-state index < -0.39 is 0 Å². The van der Waals surface area contributed by atoms with Gasteiger partial charge in [0.05, 0.1) is 0 Å². The van der Waals surface area contributed by atoms with Gasteiger partial charge in [0.25, 0.3) is 0 Å². The monoisotopic (exact) mass is 287 g/mol. The Kier molecular flexibility index (Phi) is 4.06. The van der Waals surface area contributed by atoms with Gasteiger partial charge < -0.3 is 5.32 Å². The van der Waals surface area contributed by atoms with E-state index in [0.29, 0.717) is 17.5 Å². The third-order valence-corrected chi connectivity index (χ3v) is 5.32. The minimum absolute atomic E-state index is 0.309. The van der Waals surface area contributed by atoms with Crippen molar-refractivity contribution in [1.82, 2.24) is 15.2 Å². The van der Waals surface area contributed by atoms with Crippen molar-refractivity contribution in [3.8, 4) is 0 Å². The molecule has 1 saturated heterocycles. The molecule has 0 aromatic carbocycles. The van der Waals surface area contributed by atoms with Crippen LogP contribution in [0.15, 0.2) is 18.3 Å². The topological polar surface area (TPSA) is 28.2 Å². The third-order valence-electron chi connectivity index (χ3n) is 5.32. The van der Waals surface area contributed by atoms with E-state index in [4.69, 9.17) is 0 Å². The number of aryl methyl sites for hydroxylation is 1. The van der Waals surface area contributed by atoms with Crippen molar-refractivity contribution < 1.29 is 0 Å². The summed E-state index contributed by atoms with van der Waals surface area (Å²) in [6, 6.07) is 4.98. The fourth-order valence-electron chi connectivity index (χ4n) is 3.71. The molecule has 21 heavy (non-hydrogen) atoms. The second-order valence-corrected chi connectivity index (χ2v) is 7.60. The minimum atomic E-state index is 0.309. The summed E-state index contributed by atoms with van der Waals surface area (Å²) in [5, 5.41) is 3.86. The van der Waals surface area contributed by atoms with E-state index in [-0.39, 0.29) is 0 Å². The molecule has 1 aromatic rings. The Bertz CT molecular complexity index is 478. The highest BCUT2D eigenvalue weighted by Gasteiger charge is 2.46. The molecule has 0 bridgehead atoms. The highest BCUT2D eigenvalue weighted by Crippen LogP contribution is 2.42. The Morgan fingerprint density at radius 1 is 1.38 bits per heavy atom. The summed E-state index contributed by atoms with van der Waals surface area (Å²) in [7, 11) is 0. The predicted molar refractivity (Wildman–Crippen MR) is 87.1 cm³/mol. The summed E-state index contributed by atoms with van der Waals surface area (Å²) in [4.78, 5) is 7.14. The molecule has 1 aliphatic heterocycles. The highest BCUT2D eigenvalue weighted by molar-refractivity contribution is 5.14. The van der Waals surface area contributed by atoms with Crippen LogP contribution in [0.4, 0.5) is 0 Å². The molecule has 1 aromatic heterocycles. The van der Waals surface area contributed by atoms with E-state index in [1.54, 1.807) is 0 Å². The maximum atomic E-state index is 4.46. The Hall–Kier alpha value is -0.930. The van der Waals surface area contributed by atoms with Gasteiger partial charge >= 0.3 is 0 Å². The van der Waals surface area contributed by atoms with Gasteiger partial charge in [-0.1, -0.05) is 19.9 Å². The number of hydrogen-bond acceptors (Lipinski definition) is 3. The van der Waals surface area contributed by atoms with E-state index in [2.05, 4.69) is 55.0 Å². The average Bonchev–Trinajstić information content (AvgIpc) is 3.26. The molecule has 0 radical (unpaired) electrons. The quantitative estimate of drug-likeness (QED) is 0.923. The van der Waals surface area contributed by atoms with Gasteiger partial charge in [-0.2, -0.15) is 0 Å². The Morgan fingerprint density at radius 3 is 2.71 bits per heavy atom. The van der Waals surface area contributed by atoms with Crippen LogP contribution in [0, 0.1) is 18.8 Å². The molecule has 2 heterocycles. The summed E-state index contributed by atoms with van der Waals surface area (Å²) in [6.45, 7) is 12.5. The van der Waals surface area contributed by atoms with Gasteiger partial charge in [-0.3, -0.25) is 9.88 Å². The largest absolute Gasteiger partial charge is 0.308 e. The van der Waals surface area contributed by atoms with E-state index in [0.717, 1.165) is 31.2 Å². The van der Waals surface area contributed by atoms with Crippen LogP contribution < -0.4 is 5.32 Å². The molecular weight excluding hydrogens is 258 g/mol. The van der Waals surface area contributed by atoms with Gasteiger partial charge in [0, 0.05) is 43.1 Å². The molecule has 0 spiro atoms. The van der Waals surface area contributed by atoms with Crippen molar-refractivity contribution >= 4 is 0 Å². The van der Waals surface area contributed by atoms with Gasteiger partial charge in [0.15, 0.2) is 0 Å². The molecule has 1 saturated carbocycles. The molecule has 1 aliphatic carbocycles. The molecule has 3 nitrogen and oxygen atoms in total. The van der Waals surface area contributed by atoms with E-state index in [1.807, 2.05) is 6.20 Å². The zero-order valence-corrected chi connectivity index (χ0v) is 13.9. The van der Waals surface area contributed by atoms with Crippen LogP contribution in [-0.2, 0) is 6.54 Å². The number of aromatic nitrogens is 1. The SMILES string of the molecule is Cc1ccc(CN2CC(C)(C3CC3)NCC2C(C)C)cn1. The second kappa shape index (κ2) is 5.69. The standard InChI is InChI=1S/C18H29N3/c1-13(2)17-10-20-18(4,16-7-8-16)12-21(17)11-15-6-5-14(3)19-9-15/h5-6,9,13,16-17,20H,7-8,10-12H2,1-4H3. The van der Waals surface area contributed by atoms with E-state index in [1.165, 1.54) is 18.4 Å². The zero-order chi connectivity index (χ0) is 15.0. The van der Waals surface area contributed by atoms with Crippen LogP contribution in [-0.4, -0.2) is 34.6 Å². The lowest BCUT2D eigenvalue weighted by Crippen LogP contribution is -2.64. The minimum Gasteiger partial charge on any atom is -0.308 e. The zero-order valence-electron chi connectivity index (χ0n) is 13.9. The molecule has 2 atom stereocenters. The van der Waals surface area contributed by atoms with Crippen molar-refractivity contribution in [2.75, 3.05) is 13.1 Å². The average molecular weight is 287 g/mol. The molecule has 2 unspecified atom stereocenters. The number of rotatable bonds is 4. The lowest BCUT2D eigenvalue weighted by Gasteiger charge is -2.48. The first-order valence-electron chi connectivity index (χ1n) is 8.38. The molecule has 0 amide bonds. The van der Waals surface area contributed by atoms with Gasteiger partial charge in [0.2, 0.25) is 0 Å². The number of pyridine rings is 1. The van der Waals surface area contributed by atoms with Crippen LogP contribution in [0.2, 0.25) is 0 Å². The van der Waals surface area contributed by atoms with Crippen molar-refractivity contribution in [3.63, 3.8) is 0 Å². The van der Waals surface area contributed by atoms with E-state index in [9.17, 15) is 0 Å². The van der Waals surface area contributed by atoms with Crippen molar-refractivity contribution in [1.29, 1.82) is 0 Å². The van der Waals surface area contributed by atoms with Crippen LogP contribution in [0.25, 0.3) is 0 Å². The molecule has 2 aliphatic rings. The summed E-state index contributed by atoms with van der Waals surface area (Å²) >= 11 is 0. The van der Waals surface area contributed by atoms with Gasteiger partial charge in [-0.25, -0.2) is 0 Å². The summed E-state index contributed by atoms with van der Waals surface area (Å²) in [5.41, 5.74) is 2.75. The fourth-order valence-corrected chi connectivity index (χ4v) is 3.71. The fraction of sp³-hybridized carbons (Fsp3) is 0.722. The molecular formula is C18H29N3. The Morgan fingerprint density at radius 2 is 2.14 bits per heavy atom. The lowest BCUT2D eigenvalue weighted by molar-refractivity contribution is 0.0461. The smallest absolute Gasteiger partial charge is 0.0372 e. The van der Waals surface area contributed by atoms with Crippen molar-refractivity contribution in [2.24, 2.45) is 11.8 Å². The molecule has 1 N–H and O–H groups in total. The number of nitrogens with zero attached hydrogens (tertiary/aromatic N) is 2. The van der Waals surface area contributed by atoms with Crippen molar-refractivity contribution in [2.45, 2.75) is 58.7 Å². The summed E-state index contributed by atoms with van der Waals surface area (Å²) < 4.78 is 0.